The van der Waals surface area contributed by atoms with Crippen molar-refractivity contribution < 1.29 is 10.2 Å². The van der Waals surface area contributed by atoms with Crippen molar-refractivity contribution in [3.8, 4) is 0 Å². The summed E-state index contributed by atoms with van der Waals surface area (Å²) < 4.78 is 0.971. The number of halogens is 2. The third-order valence-corrected chi connectivity index (χ3v) is 4.30. The zero-order valence-electron chi connectivity index (χ0n) is 10.9. The van der Waals surface area contributed by atoms with Gasteiger partial charge < -0.3 is 10.2 Å². The molecule has 0 saturated heterocycles. The quantitative estimate of drug-likeness (QED) is 0.861. The predicted molar refractivity (Wildman–Crippen MR) is 85.1 cm³/mol. The van der Waals surface area contributed by atoms with E-state index in [1.165, 1.54) is 0 Å². The van der Waals surface area contributed by atoms with E-state index in [0.29, 0.717) is 11.4 Å². The molecule has 106 valence electrons. The molecule has 0 heterocycles. The lowest BCUT2D eigenvalue weighted by molar-refractivity contribution is 0.116. The van der Waals surface area contributed by atoms with Gasteiger partial charge in [-0.2, -0.15) is 0 Å². The summed E-state index contributed by atoms with van der Waals surface area (Å²) in [5.74, 6) is 0. The van der Waals surface area contributed by atoms with Crippen LogP contribution in [0.4, 0.5) is 0 Å². The molecule has 2 aromatic carbocycles. The highest BCUT2D eigenvalue weighted by molar-refractivity contribution is 9.10. The van der Waals surface area contributed by atoms with E-state index >= 15 is 0 Å². The molecule has 0 fully saturated rings. The van der Waals surface area contributed by atoms with Crippen molar-refractivity contribution in [2.75, 3.05) is 13.2 Å². The summed E-state index contributed by atoms with van der Waals surface area (Å²) in [6, 6.07) is 15.2. The van der Waals surface area contributed by atoms with Gasteiger partial charge in [-0.3, -0.25) is 0 Å². The second kappa shape index (κ2) is 6.72. The van der Waals surface area contributed by atoms with Crippen LogP contribution in [0.1, 0.15) is 11.1 Å². The molecule has 0 atom stereocenters. The minimum absolute atomic E-state index is 0.167. The fourth-order valence-electron chi connectivity index (χ4n) is 2.36. The van der Waals surface area contributed by atoms with E-state index in [1.807, 2.05) is 42.5 Å². The molecule has 0 saturated carbocycles. The number of hydrogen-bond donors (Lipinski definition) is 2. The van der Waals surface area contributed by atoms with Crippen molar-refractivity contribution in [2.45, 2.75) is 11.8 Å². The summed E-state index contributed by atoms with van der Waals surface area (Å²) in [6.45, 7) is -0.334. The highest BCUT2D eigenvalue weighted by Gasteiger charge is 2.33. The van der Waals surface area contributed by atoms with Crippen LogP contribution in [0.25, 0.3) is 0 Å². The van der Waals surface area contributed by atoms with Crippen LogP contribution in [-0.2, 0) is 11.8 Å². The molecule has 2 N–H and O–H groups in total. The van der Waals surface area contributed by atoms with Gasteiger partial charge in [0.1, 0.15) is 0 Å². The summed E-state index contributed by atoms with van der Waals surface area (Å²) in [6.07, 6.45) is 0.517. The first-order valence-electron chi connectivity index (χ1n) is 6.32. The third-order valence-electron chi connectivity index (χ3n) is 3.48. The Labute approximate surface area is 132 Å². The molecule has 0 aromatic heterocycles. The van der Waals surface area contributed by atoms with Gasteiger partial charge in [-0.1, -0.05) is 57.9 Å². The molecule has 20 heavy (non-hydrogen) atoms. The lowest BCUT2D eigenvalue weighted by Crippen LogP contribution is -2.37. The van der Waals surface area contributed by atoms with Gasteiger partial charge in [-0.25, -0.2) is 0 Å². The number of aliphatic hydroxyl groups excluding tert-OH is 2. The first-order valence-corrected chi connectivity index (χ1v) is 7.49. The van der Waals surface area contributed by atoms with Crippen LogP contribution in [-0.4, -0.2) is 23.4 Å². The monoisotopic (exact) mass is 354 g/mol. The minimum atomic E-state index is -0.779. The molecule has 0 aliphatic heterocycles. The highest BCUT2D eigenvalue weighted by Crippen LogP contribution is 2.33. The maximum Gasteiger partial charge on any atom is 0.0553 e. The Bertz CT molecular complexity index is 582. The van der Waals surface area contributed by atoms with Crippen LogP contribution in [0.2, 0.25) is 5.02 Å². The van der Waals surface area contributed by atoms with Crippen molar-refractivity contribution in [3.05, 3.63) is 69.2 Å². The highest BCUT2D eigenvalue weighted by atomic mass is 79.9. The second-order valence-electron chi connectivity index (χ2n) is 4.88. The molecule has 0 aliphatic rings. The van der Waals surface area contributed by atoms with Crippen molar-refractivity contribution in [1.29, 1.82) is 0 Å². The SMILES string of the molecule is OCC(CO)(Cc1cccc(Br)c1)c1ccccc1Cl. The zero-order valence-corrected chi connectivity index (χ0v) is 13.2. The molecule has 2 rings (SSSR count). The fourth-order valence-corrected chi connectivity index (χ4v) is 3.14. The van der Waals surface area contributed by atoms with Gasteiger partial charge in [0, 0.05) is 14.9 Å². The van der Waals surface area contributed by atoms with Gasteiger partial charge in [-0.15, -0.1) is 0 Å². The van der Waals surface area contributed by atoms with E-state index in [2.05, 4.69) is 15.9 Å². The number of benzene rings is 2. The molecular weight excluding hydrogens is 340 g/mol. The second-order valence-corrected chi connectivity index (χ2v) is 6.21. The molecule has 2 nitrogen and oxygen atoms in total. The Morgan fingerprint density at radius 1 is 1.00 bits per heavy atom. The maximum atomic E-state index is 9.85. The number of hydrogen-bond acceptors (Lipinski definition) is 2. The van der Waals surface area contributed by atoms with Gasteiger partial charge in [0.2, 0.25) is 0 Å². The largest absolute Gasteiger partial charge is 0.395 e. The molecule has 0 spiro atoms. The predicted octanol–water partition coefficient (Wildman–Crippen LogP) is 3.57. The van der Waals surface area contributed by atoms with Crippen LogP contribution >= 0.6 is 27.5 Å². The van der Waals surface area contributed by atoms with Crippen molar-refractivity contribution in [1.82, 2.24) is 0 Å². The first kappa shape index (κ1) is 15.5. The summed E-state index contributed by atoms with van der Waals surface area (Å²) in [4.78, 5) is 0. The minimum Gasteiger partial charge on any atom is -0.395 e. The maximum absolute atomic E-state index is 9.85. The van der Waals surface area contributed by atoms with Gasteiger partial charge in [-0.05, 0) is 35.7 Å². The van der Waals surface area contributed by atoms with Gasteiger partial charge in [0.15, 0.2) is 0 Å². The first-order chi connectivity index (χ1) is 9.61. The average Bonchev–Trinajstić information content (AvgIpc) is 2.46. The molecular formula is C16H16BrClO2. The zero-order chi connectivity index (χ0) is 14.6. The molecule has 4 heteroatoms. The molecule has 0 unspecified atom stereocenters. The number of rotatable bonds is 5. The smallest absolute Gasteiger partial charge is 0.0553 e. The Hall–Kier alpha value is -0.870. The third kappa shape index (κ3) is 3.23. The van der Waals surface area contributed by atoms with Crippen LogP contribution in [0, 0.1) is 0 Å². The van der Waals surface area contributed by atoms with Gasteiger partial charge >= 0.3 is 0 Å². The molecule has 0 aliphatic carbocycles. The van der Waals surface area contributed by atoms with E-state index in [9.17, 15) is 10.2 Å². The average molecular weight is 356 g/mol. The summed E-state index contributed by atoms with van der Waals surface area (Å²) in [7, 11) is 0. The molecule has 0 amide bonds. The van der Waals surface area contributed by atoms with Crippen molar-refractivity contribution in [3.63, 3.8) is 0 Å². The van der Waals surface area contributed by atoms with Crippen LogP contribution in [0.5, 0.6) is 0 Å². The van der Waals surface area contributed by atoms with Crippen LogP contribution in [0.15, 0.2) is 53.0 Å². The molecule has 0 bridgehead atoms. The topological polar surface area (TPSA) is 40.5 Å². The van der Waals surface area contributed by atoms with Gasteiger partial charge in [0.25, 0.3) is 0 Å². The van der Waals surface area contributed by atoms with Crippen LogP contribution in [0.3, 0.4) is 0 Å². The molecule has 0 radical (unpaired) electrons. The lowest BCUT2D eigenvalue weighted by atomic mass is 9.77. The van der Waals surface area contributed by atoms with Crippen LogP contribution < -0.4 is 0 Å². The Morgan fingerprint density at radius 3 is 2.30 bits per heavy atom. The summed E-state index contributed by atoms with van der Waals surface area (Å²) >= 11 is 9.67. The Balaban J connectivity index is 2.42. The summed E-state index contributed by atoms with van der Waals surface area (Å²) in [5.41, 5.74) is 1.02. The van der Waals surface area contributed by atoms with E-state index in [4.69, 9.17) is 11.6 Å². The van der Waals surface area contributed by atoms with E-state index in [0.717, 1.165) is 15.6 Å². The Kier molecular flexibility index (Phi) is 5.22. The van der Waals surface area contributed by atoms with Crippen molar-refractivity contribution >= 4 is 27.5 Å². The summed E-state index contributed by atoms with van der Waals surface area (Å²) in [5, 5.41) is 20.3. The standard InChI is InChI=1S/C16H16BrClO2/c17-13-5-3-4-12(8-13)9-16(10-19,11-20)14-6-1-2-7-15(14)18/h1-8,19-20H,9-11H2. The Morgan fingerprint density at radius 2 is 1.70 bits per heavy atom. The number of aliphatic hydroxyl groups is 2. The van der Waals surface area contributed by atoms with E-state index in [1.54, 1.807) is 6.07 Å². The van der Waals surface area contributed by atoms with Crippen molar-refractivity contribution in [2.24, 2.45) is 0 Å². The van der Waals surface area contributed by atoms with E-state index in [-0.39, 0.29) is 13.2 Å². The normalized spacial score (nSPS) is 11.6. The van der Waals surface area contributed by atoms with E-state index < -0.39 is 5.41 Å². The fraction of sp³-hybridized carbons (Fsp3) is 0.250. The van der Waals surface area contributed by atoms with Gasteiger partial charge in [0.05, 0.1) is 13.2 Å². The molecule has 2 aromatic rings. The lowest BCUT2D eigenvalue weighted by Gasteiger charge is -2.31.